The highest BCUT2D eigenvalue weighted by molar-refractivity contribution is 5.99. The first-order valence-corrected chi connectivity index (χ1v) is 8.47. The van der Waals surface area contributed by atoms with Crippen LogP contribution in [-0.4, -0.2) is 23.3 Å². The molecule has 2 aromatic carbocycles. The number of hydrogen-bond acceptors (Lipinski definition) is 4. The number of carbonyl (C=O) groups excluding carboxylic acids is 2. The average Bonchev–Trinajstić information content (AvgIpc) is 2.73. The molecule has 1 heterocycles. The van der Waals surface area contributed by atoms with Gasteiger partial charge in [0.15, 0.2) is 0 Å². The molecule has 0 saturated carbocycles. The normalized spacial score (nSPS) is 9.82. The molecule has 0 atom stereocenters. The summed E-state index contributed by atoms with van der Waals surface area (Å²) in [6, 6.07) is 17.1. The van der Waals surface area contributed by atoms with E-state index in [-0.39, 0.29) is 18.4 Å². The number of nitrogens with one attached hydrogen (secondary N) is 2. The number of aromatic nitrogens is 1. The van der Waals surface area contributed by atoms with Crippen molar-refractivity contribution in [2.75, 3.05) is 11.9 Å². The van der Waals surface area contributed by atoms with Crippen LogP contribution in [0.25, 0.3) is 0 Å². The first-order chi connectivity index (χ1) is 13.6. The molecule has 0 bridgehead atoms. The molecule has 0 aliphatic carbocycles. The van der Waals surface area contributed by atoms with Crippen molar-refractivity contribution in [2.45, 2.75) is 0 Å². The van der Waals surface area contributed by atoms with Gasteiger partial charge in [-0.05, 0) is 54.6 Å². The molecule has 0 fully saturated rings. The maximum atomic E-state index is 12.2. The number of ether oxygens (including phenoxy) is 1. The molecule has 0 aliphatic rings. The van der Waals surface area contributed by atoms with Gasteiger partial charge in [0.1, 0.15) is 11.5 Å². The maximum absolute atomic E-state index is 12.2. The molecule has 0 saturated heterocycles. The quantitative estimate of drug-likeness (QED) is 0.652. The predicted molar refractivity (Wildman–Crippen MR) is 106 cm³/mol. The number of anilines is 1. The fourth-order valence-corrected chi connectivity index (χ4v) is 2.37. The number of hydrogen-bond donors (Lipinski definition) is 2. The Labute approximate surface area is 162 Å². The lowest BCUT2D eigenvalue weighted by Gasteiger charge is -2.08. The fourth-order valence-electron chi connectivity index (χ4n) is 2.37. The lowest BCUT2D eigenvalue weighted by atomic mass is 10.2. The fraction of sp³-hybridized carbons (Fsp3) is 0.0455. The SMILES string of the molecule is C#Cc1cccc(NC(=O)CNC(=O)c2ccc(Oc3cccnc3)cc2)c1. The second-order valence-corrected chi connectivity index (χ2v) is 5.77. The van der Waals surface area contributed by atoms with E-state index in [9.17, 15) is 9.59 Å². The highest BCUT2D eigenvalue weighted by Crippen LogP contribution is 2.20. The third kappa shape index (κ3) is 5.19. The third-order valence-electron chi connectivity index (χ3n) is 3.71. The smallest absolute Gasteiger partial charge is 0.251 e. The van der Waals surface area contributed by atoms with E-state index in [0.717, 1.165) is 0 Å². The van der Waals surface area contributed by atoms with Crippen LogP contribution in [-0.2, 0) is 4.79 Å². The highest BCUT2D eigenvalue weighted by Gasteiger charge is 2.09. The summed E-state index contributed by atoms with van der Waals surface area (Å²) in [7, 11) is 0. The van der Waals surface area contributed by atoms with E-state index < -0.39 is 0 Å². The summed E-state index contributed by atoms with van der Waals surface area (Å²) in [6.45, 7) is -0.160. The predicted octanol–water partition coefficient (Wildman–Crippen LogP) is 3.22. The van der Waals surface area contributed by atoms with E-state index >= 15 is 0 Å². The molecule has 28 heavy (non-hydrogen) atoms. The van der Waals surface area contributed by atoms with Gasteiger partial charge in [0.05, 0.1) is 12.7 Å². The highest BCUT2D eigenvalue weighted by atomic mass is 16.5. The Balaban J connectivity index is 1.51. The Bertz CT molecular complexity index is 1010. The molecule has 3 rings (SSSR count). The zero-order valence-corrected chi connectivity index (χ0v) is 14.9. The Morgan fingerprint density at radius 1 is 1.04 bits per heavy atom. The number of terminal acetylenes is 1. The van der Waals surface area contributed by atoms with Gasteiger partial charge in [0.2, 0.25) is 5.91 Å². The van der Waals surface area contributed by atoms with E-state index in [1.807, 2.05) is 0 Å². The molecule has 2 N–H and O–H groups in total. The summed E-state index contributed by atoms with van der Waals surface area (Å²) in [6.07, 6.45) is 8.59. The zero-order chi connectivity index (χ0) is 19.8. The van der Waals surface area contributed by atoms with Crippen molar-refractivity contribution in [1.29, 1.82) is 0 Å². The second-order valence-electron chi connectivity index (χ2n) is 5.77. The molecular formula is C22H17N3O3. The zero-order valence-electron chi connectivity index (χ0n) is 14.9. The van der Waals surface area contributed by atoms with Crippen molar-refractivity contribution < 1.29 is 14.3 Å². The molecule has 1 aromatic heterocycles. The summed E-state index contributed by atoms with van der Waals surface area (Å²) in [5, 5.41) is 5.26. The molecule has 6 nitrogen and oxygen atoms in total. The van der Waals surface area contributed by atoms with E-state index in [1.54, 1.807) is 73.1 Å². The number of rotatable bonds is 6. The van der Waals surface area contributed by atoms with Crippen molar-refractivity contribution >= 4 is 17.5 Å². The van der Waals surface area contributed by atoms with Gasteiger partial charge in [-0.25, -0.2) is 0 Å². The summed E-state index contributed by atoms with van der Waals surface area (Å²) in [5.41, 5.74) is 1.66. The van der Waals surface area contributed by atoms with Crippen molar-refractivity contribution in [3.63, 3.8) is 0 Å². The Morgan fingerprint density at radius 2 is 1.86 bits per heavy atom. The van der Waals surface area contributed by atoms with Gasteiger partial charge in [-0.3, -0.25) is 14.6 Å². The van der Waals surface area contributed by atoms with Crippen LogP contribution in [0.5, 0.6) is 11.5 Å². The van der Waals surface area contributed by atoms with Gasteiger partial charge in [0.25, 0.3) is 5.91 Å². The van der Waals surface area contributed by atoms with Gasteiger partial charge in [-0.15, -0.1) is 6.42 Å². The van der Waals surface area contributed by atoms with E-state index in [0.29, 0.717) is 28.3 Å². The molecular weight excluding hydrogens is 354 g/mol. The van der Waals surface area contributed by atoms with E-state index in [1.165, 1.54) is 0 Å². The lowest BCUT2D eigenvalue weighted by Crippen LogP contribution is -2.32. The summed E-state index contributed by atoms with van der Waals surface area (Å²) >= 11 is 0. The van der Waals surface area contributed by atoms with Crippen molar-refractivity contribution in [1.82, 2.24) is 10.3 Å². The topological polar surface area (TPSA) is 80.3 Å². The van der Waals surface area contributed by atoms with Gasteiger partial charge < -0.3 is 15.4 Å². The minimum atomic E-state index is -0.361. The van der Waals surface area contributed by atoms with Crippen LogP contribution in [0.3, 0.4) is 0 Å². The number of pyridine rings is 1. The first-order valence-electron chi connectivity index (χ1n) is 8.47. The first kappa shape index (κ1) is 18.7. The summed E-state index contributed by atoms with van der Waals surface area (Å²) < 4.78 is 5.62. The number of carbonyl (C=O) groups is 2. The molecule has 2 amide bonds. The molecule has 0 aliphatic heterocycles. The monoisotopic (exact) mass is 371 g/mol. The van der Waals surface area contributed by atoms with Crippen LogP contribution in [0.2, 0.25) is 0 Å². The van der Waals surface area contributed by atoms with Gasteiger partial charge in [0, 0.05) is 23.0 Å². The lowest BCUT2D eigenvalue weighted by molar-refractivity contribution is -0.115. The van der Waals surface area contributed by atoms with Gasteiger partial charge >= 0.3 is 0 Å². The standard InChI is InChI=1S/C22H17N3O3/c1-2-16-5-3-6-18(13-16)25-21(26)15-24-22(27)17-8-10-19(11-9-17)28-20-7-4-12-23-14-20/h1,3-14H,15H2,(H,24,27)(H,25,26). The number of nitrogens with zero attached hydrogens (tertiary/aromatic N) is 1. The second kappa shape index (κ2) is 9.01. The summed E-state index contributed by atoms with van der Waals surface area (Å²) in [4.78, 5) is 28.2. The largest absolute Gasteiger partial charge is 0.456 e. The van der Waals surface area contributed by atoms with Crippen molar-refractivity contribution in [2.24, 2.45) is 0 Å². The Kier molecular flexibility index (Phi) is 6.01. The van der Waals surface area contributed by atoms with Gasteiger partial charge in [-0.2, -0.15) is 0 Å². The van der Waals surface area contributed by atoms with Crippen LogP contribution in [0.4, 0.5) is 5.69 Å². The molecule has 138 valence electrons. The van der Waals surface area contributed by atoms with Crippen molar-refractivity contribution in [3.05, 3.63) is 84.2 Å². The third-order valence-corrected chi connectivity index (χ3v) is 3.71. The molecule has 0 radical (unpaired) electrons. The minimum Gasteiger partial charge on any atom is -0.456 e. The number of benzene rings is 2. The average molecular weight is 371 g/mol. The van der Waals surface area contributed by atoms with Crippen LogP contribution < -0.4 is 15.4 Å². The number of amides is 2. The summed E-state index contributed by atoms with van der Waals surface area (Å²) in [5.74, 6) is 2.97. The molecule has 0 spiro atoms. The molecule has 3 aromatic rings. The van der Waals surface area contributed by atoms with E-state index in [4.69, 9.17) is 11.2 Å². The van der Waals surface area contributed by atoms with E-state index in [2.05, 4.69) is 21.5 Å². The molecule has 0 unspecified atom stereocenters. The Morgan fingerprint density at radius 3 is 2.57 bits per heavy atom. The van der Waals surface area contributed by atoms with Crippen LogP contribution in [0, 0.1) is 12.3 Å². The minimum absolute atomic E-state index is 0.160. The maximum Gasteiger partial charge on any atom is 0.251 e. The van der Waals surface area contributed by atoms with Crippen LogP contribution in [0.1, 0.15) is 15.9 Å². The molecule has 6 heteroatoms. The van der Waals surface area contributed by atoms with Gasteiger partial charge in [-0.1, -0.05) is 12.0 Å². The Hall–Kier alpha value is -4.11. The van der Waals surface area contributed by atoms with Crippen LogP contribution >= 0.6 is 0 Å². The van der Waals surface area contributed by atoms with Crippen molar-refractivity contribution in [3.8, 4) is 23.8 Å². The van der Waals surface area contributed by atoms with Crippen LogP contribution in [0.15, 0.2) is 73.1 Å².